The second kappa shape index (κ2) is 7.47. The first-order chi connectivity index (χ1) is 11.2. The van der Waals surface area contributed by atoms with E-state index >= 15 is 0 Å². The molecule has 0 saturated carbocycles. The molecule has 1 fully saturated rings. The van der Waals surface area contributed by atoms with Crippen LogP contribution in [0.1, 0.15) is 17.0 Å². The summed E-state index contributed by atoms with van der Waals surface area (Å²) >= 11 is 1.28. The van der Waals surface area contributed by atoms with Gasteiger partial charge in [0.1, 0.15) is 10.8 Å². The number of carbonyl (C=O) groups is 1. The number of nitrogens with zero attached hydrogens (tertiary/aromatic N) is 2. The average molecular weight is 336 g/mol. The third-order valence-electron chi connectivity index (χ3n) is 3.51. The van der Waals surface area contributed by atoms with E-state index in [2.05, 4.69) is 20.8 Å². The van der Waals surface area contributed by atoms with Crippen LogP contribution in [0, 0.1) is 11.7 Å². The van der Waals surface area contributed by atoms with Crippen molar-refractivity contribution < 1.29 is 13.9 Å². The minimum Gasteiger partial charge on any atom is -0.381 e. The van der Waals surface area contributed by atoms with Crippen molar-refractivity contribution in [2.45, 2.75) is 12.8 Å². The Bertz CT molecular complexity index is 673. The van der Waals surface area contributed by atoms with Crippen LogP contribution in [0.4, 0.5) is 14.3 Å². The topological polar surface area (TPSA) is 76.1 Å². The fourth-order valence-electron chi connectivity index (χ4n) is 2.32. The minimum atomic E-state index is -0.301. The molecule has 1 atom stereocenters. The summed E-state index contributed by atoms with van der Waals surface area (Å²) in [6, 6.07) is 6.05. The first-order valence-corrected chi connectivity index (χ1v) is 8.20. The van der Waals surface area contributed by atoms with E-state index in [1.165, 1.54) is 23.5 Å². The molecule has 0 unspecified atom stereocenters. The number of anilines is 1. The van der Waals surface area contributed by atoms with Gasteiger partial charge < -0.3 is 10.1 Å². The minimum absolute atomic E-state index is 0.277. The second-order valence-electron chi connectivity index (χ2n) is 5.37. The molecule has 6 nitrogen and oxygen atoms in total. The van der Waals surface area contributed by atoms with Gasteiger partial charge in [-0.15, -0.1) is 10.2 Å². The summed E-state index contributed by atoms with van der Waals surface area (Å²) in [6.07, 6.45) is 1.45. The molecule has 122 valence electrons. The molecule has 1 aliphatic rings. The lowest BCUT2D eigenvalue weighted by Gasteiger charge is -2.08. The van der Waals surface area contributed by atoms with Crippen molar-refractivity contribution in [3.05, 3.63) is 40.7 Å². The molecule has 23 heavy (non-hydrogen) atoms. The Morgan fingerprint density at radius 2 is 2.35 bits per heavy atom. The lowest BCUT2D eigenvalue weighted by atomic mass is 10.1. The van der Waals surface area contributed by atoms with Crippen LogP contribution in [0.2, 0.25) is 0 Å². The van der Waals surface area contributed by atoms with Gasteiger partial charge in [-0.3, -0.25) is 5.32 Å². The van der Waals surface area contributed by atoms with Gasteiger partial charge in [0, 0.05) is 25.5 Å². The maximum atomic E-state index is 13.2. The molecule has 0 spiro atoms. The number of ether oxygens (including phenoxy) is 1. The van der Waals surface area contributed by atoms with E-state index in [1.54, 1.807) is 6.07 Å². The highest BCUT2D eigenvalue weighted by molar-refractivity contribution is 7.15. The predicted molar refractivity (Wildman–Crippen MR) is 85.1 cm³/mol. The van der Waals surface area contributed by atoms with Crippen LogP contribution in [0.5, 0.6) is 0 Å². The monoisotopic (exact) mass is 336 g/mol. The largest absolute Gasteiger partial charge is 0.381 e. The Morgan fingerprint density at radius 3 is 3.13 bits per heavy atom. The van der Waals surface area contributed by atoms with Crippen LogP contribution in [0.25, 0.3) is 0 Å². The molecule has 1 saturated heterocycles. The van der Waals surface area contributed by atoms with Crippen molar-refractivity contribution in [1.29, 1.82) is 0 Å². The van der Waals surface area contributed by atoms with Crippen LogP contribution in [0.15, 0.2) is 24.3 Å². The van der Waals surface area contributed by atoms with Gasteiger partial charge in [0.15, 0.2) is 0 Å². The number of hydrogen-bond donors (Lipinski definition) is 2. The van der Waals surface area contributed by atoms with E-state index in [-0.39, 0.29) is 11.8 Å². The van der Waals surface area contributed by atoms with Crippen molar-refractivity contribution >= 4 is 22.5 Å². The molecule has 8 heteroatoms. The highest BCUT2D eigenvalue weighted by Gasteiger charge is 2.16. The number of hydrogen-bond acceptors (Lipinski definition) is 5. The molecule has 2 amide bonds. The summed E-state index contributed by atoms with van der Waals surface area (Å²) in [5.41, 5.74) is 0.818. The molecule has 2 heterocycles. The predicted octanol–water partition coefficient (Wildman–Crippen LogP) is 2.43. The lowest BCUT2D eigenvalue weighted by molar-refractivity contribution is 0.185. The van der Waals surface area contributed by atoms with E-state index in [0.717, 1.165) is 23.6 Å². The SMILES string of the molecule is O=C(NC[C@H]1CCOC1)Nc1nnc(Cc2cccc(F)c2)s1. The highest BCUT2D eigenvalue weighted by atomic mass is 32.1. The third kappa shape index (κ3) is 4.70. The second-order valence-corrected chi connectivity index (χ2v) is 6.43. The van der Waals surface area contributed by atoms with E-state index in [4.69, 9.17) is 4.74 Å². The Kier molecular flexibility index (Phi) is 5.14. The van der Waals surface area contributed by atoms with Gasteiger partial charge in [0.2, 0.25) is 5.13 Å². The van der Waals surface area contributed by atoms with Gasteiger partial charge >= 0.3 is 6.03 Å². The summed E-state index contributed by atoms with van der Waals surface area (Å²) in [5, 5.41) is 14.6. The maximum absolute atomic E-state index is 13.2. The van der Waals surface area contributed by atoms with Gasteiger partial charge in [-0.05, 0) is 24.1 Å². The smallest absolute Gasteiger partial charge is 0.321 e. The number of carbonyl (C=O) groups excluding carboxylic acids is 1. The molecule has 2 aromatic rings. The summed E-state index contributed by atoms with van der Waals surface area (Å²) in [4.78, 5) is 11.8. The van der Waals surface area contributed by atoms with Crippen LogP contribution in [-0.4, -0.2) is 36.0 Å². The number of benzene rings is 1. The number of urea groups is 1. The average Bonchev–Trinajstić information content (AvgIpc) is 3.17. The summed E-state index contributed by atoms with van der Waals surface area (Å²) in [6.45, 7) is 2.03. The molecule has 1 aliphatic heterocycles. The van der Waals surface area contributed by atoms with E-state index in [1.807, 2.05) is 6.07 Å². The molecule has 0 aliphatic carbocycles. The Morgan fingerprint density at radius 1 is 1.43 bits per heavy atom. The van der Waals surface area contributed by atoms with Gasteiger partial charge in [0.25, 0.3) is 0 Å². The van der Waals surface area contributed by atoms with Crippen molar-refractivity contribution in [2.75, 3.05) is 25.1 Å². The first-order valence-electron chi connectivity index (χ1n) is 7.38. The quantitative estimate of drug-likeness (QED) is 0.879. The van der Waals surface area contributed by atoms with Crippen molar-refractivity contribution in [1.82, 2.24) is 15.5 Å². The number of rotatable bonds is 5. The maximum Gasteiger partial charge on any atom is 0.321 e. The van der Waals surface area contributed by atoms with Crippen molar-refractivity contribution in [3.8, 4) is 0 Å². The van der Waals surface area contributed by atoms with E-state index in [0.29, 0.717) is 30.6 Å². The van der Waals surface area contributed by atoms with Crippen LogP contribution >= 0.6 is 11.3 Å². The molecule has 3 rings (SSSR count). The lowest BCUT2D eigenvalue weighted by Crippen LogP contribution is -2.33. The molecule has 0 bridgehead atoms. The van der Waals surface area contributed by atoms with Crippen molar-refractivity contribution in [3.63, 3.8) is 0 Å². The molecule has 0 radical (unpaired) electrons. The number of nitrogens with one attached hydrogen (secondary N) is 2. The fourth-order valence-corrected chi connectivity index (χ4v) is 3.09. The number of amides is 2. The molecular weight excluding hydrogens is 319 g/mol. The van der Waals surface area contributed by atoms with Gasteiger partial charge in [-0.2, -0.15) is 0 Å². The Hall–Kier alpha value is -2.06. The molecular formula is C15H17FN4O2S. The van der Waals surface area contributed by atoms with Gasteiger partial charge in [0.05, 0.1) is 6.61 Å². The molecule has 1 aromatic carbocycles. The van der Waals surface area contributed by atoms with Crippen LogP contribution in [0.3, 0.4) is 0 Å². The molecule has 2 N–H and O–H groups in total. The van der Waals surface area contributed by atoms with Crippen LogP contribution in [-0.2, 0) is 11.2 Å². The van der Waals surface area contributed by atoms with E-state index < -0.39 is 0 Å². The van der Waals surface area contributed by atoms with E-state index in [9.17, 15) is 9.18 Å². The van der Waals surface area contributed by atoms with Gasteiger partial charge in [-0.25, -0.2) is 9.18 Å². The highest BCUT2D eigenvalue weighted by Crippen LogP contribution is 2.19. The Labute approximate surface area is 137 Å². The number of aromatic nitrogens is 2. The number of halogens is 1. The van der Waals surface area contributed by atoms with Crippen LogP contribution < -0.4 is 10.6 Å². The summed E-state index contributed by atoms with van der Waals surface area (Å²) in [7, 11) is 0. The zero-order chi connectivity index (χ0) is 16.1. The van der Waals surface area contributed by atoms with Gasteiger partial charge in [-0.1, -0.05) is 23.5 Å². The van der Waals surface area contributed by atoms with Crippen molar-refractivity contribution in [2.24, 2.45) is 5.92 Å². The first kappa shape index (κ1) is 15.8. The standard InChI is InChI=1S/C15H17FN4O2S/c16-12-3-1-2-10(6-12)7-13-19-20-15(23-13)18-14(21)17-8-11-4-5-22-9-11/h1-3,6,11H,4-5,7-9H2,(H2,17,18,20,21)/t11-/m1/s1. The zero-order valence-corrected chi connectivity index (χ0v) is 13.2. The third-order valence-corrected chi connectivity index (χ3v) is 4.35. The fraction of sp³-hybridized carbons (Fsp3) is 0.400. The summed E-state index contributed by atoms with van der Waals surface area (Å²) < 4.78 is 18.4. The summed E-state index contributed by atoms with van der Waals surface area (Å²) in [5.74, 6) is 0.0966. The molecule has 1 aromatic heterocycles. The Balaban J connectivity index is 1.49. The normalized spacial score (nSPS) is 17.2. The zero-order valence-electron chi connectivity index (χ0n) is 12.4.